The van der Waals surface area contributed by atoms with Crippen LogP contribution in [-0.4, -0.2) is 11.9 Å². The van der Waals surface area contributed by atoms with Crippen LogP contribution in [0.1, 0.15) is 29.3 Å². The smallest absolute Gasteiger partial charge is 0.332 e. The maximum absolute atomic E-state index is 13.4. The predicted octanol–water partition coefficient (Wildman–Crippen LogP) is 3.45. The largest absolute Gasteiger partial charge is 0.399 e. The molecule has 1 amide bonds. The Bertz CT molecular complexity index is 880. The van der Waals surface area contributed by atoms with Crippen molar-refractivity contribution >= 4 is 34.9 Å². The lowest BCUT2D eigenvalue weighted by Gasteiger charge is -2.22. The highest BCUT2D eigenvalue weighted by Crippen LogP contribution is 2.27. The van der Waals surface area contributed by atoms with Crippen LogP contribution in [0.4, 0.5) is 15.8 Å². The van der Waals surface area contributed by atoms with Crippen molar-refractivity contribution in [3.8, 4) is 6.07 Å². The summed E-state index contributed by atoms with van der Waals surface area (Å²) in [5.41, 5.74) is 5.64. The van der Waals surface area contributed by atoms with Gasteiger partial charge in [0.2, 0.25) is 0 Å². The fourth-order valence-electron chi connectivity index (χ4n) is 1.96. The lowest BCUT2D eigenvalue weighted by molar-refractivity contribution is -0.143. The van der Waals surface area contributed by atoms with Crippen molar-refractivity contribution in [2.24, 2.45) is 0 Å². The number of carbonyl (C=O) groups is 2. The number of nitrogens with two attached hydrogens (primary N) is 1. The highest BCUT2D eigenvalue weighted by atomic mass is 35.5. The highest BCUT2D eigenvalue weighted by molar-refractivity contribution is 6.34. The molecule has 2 aromatic rings. The van der Waals surface area contributed by atoms with Gasteiger partial charge in [0.15, 0.2) is 0 Å². The first-order chi connectivity index (χ1) is 11.9. The maximum Gasteiger partial charge on any atom is 0.332 e. The Balaban J connectivity index is 2.57. The maximum atomic E-state index is 13.4. The quantitative estimate of drug-likeness (QED) is 0.667. The van der Waals surface area contributed by atoms with Gasteiger partial charge in [0.05, 0.1) is 16.1 Å². The molecule has 0 bridgehead atoms. The van der Waals surface area contributed by atoms with E-state index in [1.165, 1.54) is 25.1 Å². The molecule has 0 aromatic heterocycles. The van der Waals surface area contributed by atoms with Crippen molar-refractivity contribution in [3.05, 3.63) is 58.4 Å². The van der Waals surface area contributed by atoms with Crippen LogP contribution in [0.2, 0.25) is 5.02 Å². The summed E-state index contributed by atoms with van der Waals surface area (Å²) in [7, 11) is 0. The average Bonchev–Trinajstić information content (AvgIpc) is 2.61. The number of halogens is 2. The molecule has 2 aromatic carbocycles. The van der Waals surface area contributed by atoms with Crippen molar-refractivity contribution in [2.75, 3.05) is 10.8 Å². The van der Waals surface area contributed by atoms with Gasteiger partial charge in [-0.1, -0.05) is 18.5 Å². The summed E-state index contributed by atoms with van der Waals surface area (Å²) in [5.74, 6) is -2.21. The molecule has 8 heteroatoms. The number of nitrogen functional groups attached to an aromatic ring is 1. The SMILES string of the molecule is CCC(=O)ON(C(=O)c1cc(N)ccc1Cl)c1ccc(F)cc1C#N. The van der Waals surface area contributed by atoms with Crippen molar-refractivity contribution in [1.29, 1.82) is 5.26 Å². The van der Waals surface area contributed by atoms with E-state index in [4.69, 9.17) is 22.2 Å². The molecular formula is C17H13ClFN3O3. The summed E-state index contributed by atoms with van der Waals surface area (Å²) in [5, 5.41) is 9.89. The molecule has 6 nitrogen and oxygen atoms in total. The third kappa shape index (κ3) is 4.05. The molecular weight excluding hydrogens is 349 g/mol. The number of nitriles is 1. The number of benzene rings is 2. The van der Waals surface area contributed by atoms with E-state index in [-0.39, 0.29) is 33.9 Å². The van der Waals surface area contributed by atoms with Gasteiger partial charge in [0.25, 0.3) is 5.91 Å². The Hall–Kier alpha value is -3.11. The van der Waals surface area contributed by atoms with E-state index >= 15 is 0 Å². The van der Waals surface area contributed by atoms with Gasteiger partial charge in [-0.05, 0) is 36.4 Å². The van der Waals surface area contributed by atoms with E-state index in [2.05, 4.69) is 0 Å². The number of hydroxylamine groups is 1. The Morgan fingerprint density at radius 1 is 1.32 bits per heavy atom. The van der Waals surface area contributed by atoms with Gasteiger partial charge < -0.3 is 10.6 Å². The summed E-state index contributed by atoms with van der Waals surface area (Å²) < 4.78 is 13.4. The van der Waals surface area contributed by atoms with Gasteiger partial charge in [-0.2, -0.15) is 5.26 Å². The number of anilines is 2. The average molecular weight is 362 g/mol. The normalized spacial score (nSPS) is 10.0. The van der Waals surface area contributed by atoms with Crippen LogP contribution in [0.25, 0.3) is 0 Å². The van der Waals surface area contributed by atoms with Crippen LogP contribution in [-0.2, 0) is 9.63 Å². The molecule has 0 aliphatic heterocycles. The zero-order chi connectivity index (χ0) is 18.6. The first kappa shape index (κ1) is 18.2. The first-order valence-corrected chi connectivity index (χ1v) is 7.55. The zero-order valence-electron chi connectivity index (χ0n) is 13.1. The van der Waals surface area contributed by atoms with E-state index in [0.717, 1.165) is 18.2 Å². The number of rotatable bonds is 3. The fourth-order valence-corrected chi connectivity index (χ4v) is 2.16. The van der Waals surface area contributed by atoms with Crippen LogP contribution < -0.4 is 10.8 Å². The third-order valence-corrected chi connectivity index (χ3v) is 3.51. The standard InChI is InChI=1S/C17H13ClFN3O3/c1-2-16(23)25-22(15-6-3-11(19)7-10(15)9-20)17(24)13-8-12(21)4-5-14(13)18/h3-8H,2,21H2,1H3. The molecule has 0 saturated heterocycles. The molecule has 0 aliphatic carbocycles. The number of nitrogens with zero attached hydrogens (tertiary/aromatic N) is 2. The van der Waals surface area contributed by atoms with Gasteiger partial charge in [-0.3, -0.25) is 4.79 Å². The van der Waals surface area contributed by atoms with Crippen LogP contribution >= 0.6 is 11.6 Å². The second kappa shape index (κ2) is 7.64. The van der Waals surface area contributed by atoms with Crippen molar-refractivity contribution < 1.29 is 18.8 Å². The van der Waals surface area contributed by atoms with Crippen molar-refractivity contribution in [3.63, 3.8) is 0 Å². The Morgan fingerprint density at radius 2 is 2.04 bits per heavy atom. The van der Waals surface area contributed by atoms with Gasteiger partial charge in [0.1, 0.15) is 17.6 Å². The summed E-state index contributed by atoms with van der Waals surface area (Å²) in [6.45, 7) is 1.54. The minimum atomic E-state index is -0.817. The summed E-state index contributed by atoms with van der Waals surface area (Å²) >= 11 is 6.02. The van der Waals surface area contributed by atoms with Crippen LogP contribution in [0, 0.1) is 17.1 Å². The van der Waals surface area contributed by atoms with Gasteiger partial charge in [-0.25, -0.2) is 9.18 Å². The van der Waals surface area contributed by atoms with E-state index in [1.807, 2.05) is 0 Å². The third-order valence-electron chi connectivity index (χ3n) is 3.18. The van der Waals surface area contributed by atoms with Gasteiger partial charge in [0, 0.05) is 12.1 Å². The summed E-state index contributed by atoms with van der Waals surface area (Å²) in [6.07, 6.45) is -0.0163. The number of carbonyl (C=O) groups excluding carboxylic acids is 2. The van der Waals surface area contributed by atoms with Crippen molar-refractivity contribution in [2.45, 2.75) is 13.3 Å². The minimum Gasteiger partial charge on any atom is -0.399 e. The molecule has 0 saturated carbocycles. The molecule has 0 heterocycles. The van der Waals surface area contributed by atoms with Crippen LogP contribution in [0.5, 0.6) is 0 Å². The molecule has 2 N–H and O–H groups in total. The molecule has 0 aliphatic rings. The first-order valence-electron chi connectivity index (χ1n) is 7.17. The van der Waals surface area contributed by atoms with Crippen molar-refractivity contribution in [1.82, 2.24) is 0 Å². The second-order valence-electron chi connectivity index (χ2n) is 4.93. The Morgan fingerprint density at radius 3 is 2.68 bits per heavy atom. The van der Waals surface area contributed by atoms with Gasteiger partial charge >= 0.3 is 5.97 Å². The Labute approximate surface area is 148 Å². The predicted molar refractivity (Wildman–Crippen MR) is 90.2 cm³/mol. The minimum absolute atomic E-state index is 0.0163. The lowest BCUT2D eigenvalue weighted by atomic mass is 10.1. The number of amides is 1. The molecule has 0 unspecified atom stereocenters. The molecule has 0 atom stereocenters. The molecule has 0 fully saturated rings. The van der Waals surface area contributed by atoms with Crippen LogP contribution in [0.3, 0.4) is 0 Å². The van der Waals surface area contributed by atoms with E-state index in [9.17, 15) is 19.2 Å². The summed E-state index contributed by atoms with van der Waals surface area (Å²) in [6, 6.07) is 9.11. The molecule has 2 rings (SSSR count). The molecule has 0 spiro atoms. The monoisotopic (exact) mass is 361 g/mol. The van der Waals surface area contributed by atoms with E-state index < -0.39 is 17.7 Å². The van der Waals surface area contributed by atoms with E-state index in [1.54, 1.807) is 6.07 Å². The molecule has 0 radical (unpaired) electrons. The number of hydrogen-bond donors (Lipinski definition) is 1. The zero-order valence-corrected chi connectivity index (χ0v) is 13.9. The Kier molecular flexibility index (Phi) is 5.57. The van der Waals surface area contributed by atoms with E-state index in [0.29, 0.717) is 5.06 Å². The second-order valence-corrected chi connectivity index (χ2v) is 5.34. The lowest BCUT2D eigenvalue weighted by Crippen LogP contribution is -2.34. The molecule has 25 heavy (non-hydrogen) atoms. The summed E-state index contributed by atoms with van der Waals surface area (Å²) in [4.78, 5) is 29.6. The molecule has 128 valence electrons. The highest BCUT2D eigenvalue weighted by Gasteiger charge is 2.26. The number of hydrogen-bond acceptors (Lipinski definition) is 5. The topological polar surface area (TPSA) is 96.4 Å². The van der Waals surface area contributed by atoms with Gasteiger partial charge in [-0.15, -0.1) is 5.06 Å². The fraction of sp³-hybridized carbons (Fsp3) is 0.118. The van der Waals surface area contributed by atoms with Crippen LogP contribution in [0.15, 0.2) is 36.4 Å².